The zero-order valence-electron chi connectivity index (χ0n) is 19.0. The summed E-state index contributed by atoms with van der Waals surface area (Å²) in [6, 6.07) is 22.1. The van der Waals surface area contributed by atoms with Gasteiger partial charge in [0.1, 0.15) is 24.7 Å². The van der Waals surface area contributed by atoms with Gasteiger partial charge in [0.05, 0.1) is 13.7 Å². The molecule has 0 amide bonds. The van der Waals surface area contributed by atoms with Crippen LogP contribution in [0, 0.1) is 0 Å². The molecule has 0 fully saturated rings. The maximum absolute atomic E-state index is 12.3. The van der Waals surface area contributed by atoms with Gasteiger partial charge in [0, 0.05) is 11.6 Å². The SMILES string of the molecule is CCOc1cc(C=C2N=C(c3ccccc3)OC2=O)ccc1OCCOc1cccc(OC)c1. The number of nitrogens with zero attached hydrogens (tertiary/aromatic N) is 1. The van der Waals surface area contributed by atoms with E-state index in [4.69, 9.17) is 23.7 Å². The number of esters is 1. The highest BCUT2D eigenvalue weighted by atomic mass is 16.6. The van der Waals surface area contributed by atoms with E-state index < -0.39 is 5.97 Å². The molecule has 7 nitrogen and oxygen atoms in total. The lowest BCUT2D eigenvalue weighted by molar-refractivity contribution is -0.129. The van der Waals surface area contributed by atoms with E-state index in [1.54, 1.807) is 25.3 Å². The van der Waals surface area contributed by atoms with Gasteiger partial charge in [-0.05, 0) is 55.0 Å². The van der Waals surface area contributed by atoms with E-state index in [0.717, 1.165) is 16.9 Å². The van der Waals surface area contributed by atoms with Gasteiger partial charge in [-0.2, -0.15) is 0 Å². The minimum Gasteiger partial charge on any atom is -0.497 e. The van der Waals surface area contributed by atoms with Gasteiger partial charge in [0.15, 0.2) is 17.2 Å². The second-order valence-corrected chi connectivity index (χ2v) is 7.22. The topological polar surface area (TPSA) is 75.6 Å². The zero-order chi connectivity index (χ0) is 23.8. The standard InChI is InChI=1S/C27H25NO6/c1-3-31-25-17-19(16-23-27(29)34-26(28-23)20-8-5-4-6-9-20)12-13-24(25)33-15-14-32-22-11-7-10-21(18-22)30-2/h4-13,16-18H,3,14-15H2,1-2H3. The molecule has 0 aliphatic carbocycles. The van der Waals surface area contributed by atoms with Crippen LogP contribution in [0.1, 0.15) is 18.1 Å². The first-order valence-corrected chi connectivity index (χ1v) is 10.9. The summed E-state index contributed by atoms with van der Waals surface area (Å²) in [5.74, 6) is 2.38. The lowest BCUT2D eigenvalue weighted by Crippen LogP contribution is -2.10. The molecule has 1 aliphatic heterocycles. The molecule has 1 aliphatic rings. The monoisotopic (exact) mass is 459 g/mol. The Morgan fingerprint density at radius 1 is 0.853 bits per heavy atom. The summed E-state index contributed by atoms with van der Waals surface area (Å²) >= 11 is 0. The van der Waals surface area contributed by atoms with Crippen LogP contribution < -0.4 is 18.9 Å². The van der Waals surface area contributed by atoms with Crippen LogP contribution in [0.4, 0.5) is 0 Å². The predicted octanol–water partition coefficient (Wildman–Crippen LogP) is 4.90. The largest absolute Gasteiger partial charge is 0.497 e. The molecule has 0 saturated heterocycles. The third-order valence-corrected chi connectivity index (χ3v) is 4.86. The Hall–Kier alpha value is -4.26. The molecule has 4 rings (SSSR count). The van der Waals surface area contributed by atoms with Crippen LogP contribution in [0.3, 0.4) is 0 Å². The van der Waals surface area contributed by atoms with Gasteiger partial charge < -0.3 is 23.7 Å². The summed E-state index contributed by atoms with van der Waals surface area (Å²) in [6.45, 7) is 3.04. The van der Waals surface area contributed by atoms with Crippen molar-refractivity contribution in [1.29, 1.82) is 0 Å². The fourth-order valence-electron chi connectivity index (χ4n) is 3.28. The smallest absolute Gasteiger partial charge is 0.363 e. The summed E-state index contributed by atoms with van der Waals surface area (Å²) in [7, 11) is 1.61. The quantitative estimate of drug-likeness (QED) is 0.244. The molecule has 0 radical (unpaired) electrons. The lowest BCUT2D eigenvalue weighted by atomic mass is 10.1. The van der Waals surface area contributed by atoms with Gasteiger partial charge >= 0.3 is 5.97 Å². The summed E-state index contributed by atoms with van der Waals surface area (Å²) in [5, 5.41) is 0. The molecule has 0 aromatic heterocycles. The van der Waals surface area contributed by atoms with Gasteiger partial charge in [-0.3, -0.25) is 0 Å². The van der Waals surface area contributed by atoms with Crippen LogP contribution in [-0.4, -0.2) is 38.8 Å². The van der Waals surface area contributed by atoms with Gasteiger partial charge in [-0.1, -0.05) is 30.3 Å². The van der Waals surface area contributed by atoms with Crippen LogP contribution in [0.15, 0.2) is 83.5 Å². The fraction of sp³-hybridized carbons (Fsp3) is 0.185. The van der Waals surface area contributed by atoms with Crippen molar-refractivity contribution >= 4 is 17.9 Å². The summed E-state index contributed by atoms with van der Waals surface area (Å²) in [4.78, 5) is 16.6. The average Bonchev–Trinajstić information content (AvgIpc) is 3.23. The highest BCUT2D eigenvalue weighted by Crippen LogP contribution is 2.30. The third kappa shape index (κ3) is 5.75. The number of carbonyl (C=O) groups is 1. The van der Waals surface area contributed by atoms with Crippen molar-refractivity contribution in [3.8, 4) is 23.0 Å². The Balaban J connectivity index is 1.42. The van der Waals surface area contributed by atoms with Crippen LogP contribution >= 0.6 is 0 Å². The summed E-state index contributed by atoms with van der Waals surface area (Å²) in [5.41, 5.74) is 1.71. The molecule has 0 atom stereocenters. The average molecular weight is 459 g/mol. The van der Waals surface area contributed by atoms with Gasteiger partial charge in [-0.15, -0.1) is 0 Å². The molecule has 0 saturated carbocycles. The Labute approximate surface area is 198 Å². The van der Waals surface area contributed by atoms with Crippen molar-refractivity contribution in [3.63, 3.8) is 0 Å². The Morgan fingerprint density at radius 3 is 2.44 bits per heavy atom. The second kappa shape index (κ2) is 11.0. The molecule has 1 heterocycles. The first-order chi connectivity index (χ1) is 16.7. The molecule has 7 heteroatoms. The number of carbonyl (C=O) groups excluding carboxylic acids is 1. The normalized spacial score (nSPS) is 13.9. The molecular weight excluding hydrogens is 434 g/mol. The number of rotatable bonds is 10. The molecule has 3 aromatic rings. The highest BCUT2D eigenvalue weighted by Gasteiger charge is 2.24. The molecule has 3 aromatic carbocycles. The maximum atomic E-state index is 12.3. The number of aliphatic imine (C=N–C) groups is 1. The van der Waals surface area contributed by atoms with Crippen molar-refractivity contribution < 1.29 is 28.5 Å². The minimum atomic E-state index is -0.494. The van der Waals surface area contributed by atoms with Crippen LogP contribution in [0.2, 0.25) is 0 Å². The van der Waals surface area contributed by atoms with Gasteiger partial charge in [0.25, 0.3) is 0 Å². The lowest BCUT2D eigenvalue weighted by Gasteiger charge is -2.13. The predicted molar refractivity (Wildman–Crippen MR) is 129 cm³/mol. The number of cyclic esters (lactones) is 1. The maximum Gasteiger partial charge on any atom is 0.363 e. The first-order valence-electron chi connectivity index (χ1n) is 10.9. The van der Waals surface area contributed by atoms with Crippen LogP contribution in [0.5, 0.6) is 23.0 Å². The molecule has 0 bridgehead atoms. The number of methoxy groups -OCH3 is 1. The number of hydrogen-bond acceptors (Lipinski definition) is 7. The van der Waals surface area contributed by atoms with Crippen molar-refractivity contribution in [2.75, 3.05) is 26.9 Å². The molecule has 34 heavy (non-hydrogen) atoms. The summed E-state index contributed by atoms with van der Waals surface area (Å²) in [6.07, 6.45) is 1.66. The van der Waals surface area contributed by atoms with E-state index >= 15 is 0 Å². The van der Waals surface area contributed by atoms with Crippen molar-refractivity contribution in [2.24, 2.45) is 4.99 Å². The Kier molecular flexibility index (Phi) is 7.45. The number of hydrogen-bond donors (Lipinski definition) is 0. The van der Waals surface area contributed by atoms with E-state index in [0.29, 0.717) is 37.1 Å². The van der Waals surface area contributed by atoms with Gasteiger partial charge in [0.2, 0.25) is 5.90 Å². The number of ether oxygens (including phenoxy) is 5. The molecule has 0 N–H and O–H groups in total. The van der Waals surface area contributed by atoms with Crippen LogP contribution in [-0.2, 0) is 9.53 Å². The third-order valence-electron chi connectivity index (χ3n) is 4.86. The molecular formula is C27H25NO6. The van der Waals surface area contributed by atoms with E-state index in [-0.39, 0.29) is 11.6 Å². The Bertz CT molecular complexity index is 1200. The molecule has 0 unspecified atom stereocenters. The summed E-state index contributed by atoms with van der Waals surface area (Å²) < 4.78 is 27.8. The fourth-order valence-corrected chi connectivity index (χ4v) is 3.28. The second-order valence-electron chi connectivity index (χ2n) is 7.22. The van der Waals surface area contributed by atoms with Crippen molar-refractivity contribution in [3.05, 3.63) is 89.6 Å². The van der Waals surface area contributed by atoms with E-state index in [9.17, 15) is 4.79 Å². The van der Waals surface area contributed by atoms with E-state index in [1.807, 2.05) is 67.6 Å². The zero-order valence-corrected chi connectivity index (χ0v) is 19.0. The van der Waals surface area contributed by atoms with Gasteiger partial charge in [-0.25, -0.2) is 9.79 Å². The minimum absolute atomic E-state index is 0.224. The Morgan fingerprint density at radius 2 is 1.65 bits per heavy atom. The number of benzene rings is 3. The molecule has 174 valence electrons. The van der Waals surface area contributed by atoms with E-state index in [2.05, 4.69) is 4.99 Å². The van der Waals surface area contributed by atoms with Crippen molar-refractivity contribution in [1.82, 2.24) is 0 Å². The first kappa shape index (κ1) is 22.9. The van der Waals surface area contributed by atoms with E-state index in [1.165, 1.54) is 0 Å². The van der Waals surface area contributed by atoms with Crippen LogP contribution in [0.25, 0.3) is 6.08 Å². The highest BCUT2D eigenvalue weighted by molar-refractivity contribution is 6.12. The van der Waals surface area contributed by atoms with Crippen molar-refractivity contribution in [2.45, 2.75) is 6.92 Å². The molecule has 0 spiro atoms.